The first-order valence-electron chi connectivity index (χ1n) is 3.12. The number of rotatable bonds is 1. The van der Waals surface area contributed by atoms with Crippen LogP contribution in [0, 0.1) is 0 Å². The second-order valence-electron chi connectivity index (χ2n) is 2.85. The molecular weight excluding hydrogens is 196 g/mol. The Kier molecular flexibility index (Phi) is 3.31. The van der Waals surface area contributed by atoms with E-state index in [1.54, 1.807) is 6.92 Å². The van der Waals surface area contributed by atoms with Crippen molar-refractivity contribution < 1.29 is 4.79 Å². The van der Waals surface area contributed by atoms with Crippen LogP contribution in [0.2, 0.25) is 0 Å². The Morgan fingerprint density at radius 2 is 2.10 bits per heavy atom. The van der Waals surface area contributed by atoms with Crippen molar-refractivity contribution in [2.75, 3.05) is 13.1 Å². The molecule has 1 aliphatic rings. The molecule has 3 nitrogen and oxygen atoms in total. The van der Waals surface area contributed by atoms with Gasteiger partial charge < -0.3 is 10.6 Å². The Morgan fingerprint density at radius 1 is 1.60 bits per heavy atom. The molecule has 0 saturated carbocycles. The molecule has 2 N–H and O–H groups in total. The lowest BCUT2D eigenvalue weighted by Gasteiger charge is -2.39. The molecule has 0 spiro atoms. The van der Waals surface area contributed by atoms with Crippen LogP contribution in [-0.2, 0) is 4.79 Å². The van der Waals surface area contributed by atoms with Crippen molar-refractivity contribution in [2.45, 2.75) is 19.4 Å². The highest BCUT2D eigenvalue weighted by Gasteiger charge is 2.31. The molecule has 0 radical (unpaired) electrons. The van der Waals surface area contributed by atoms with Crippen LogP contribution in [0.15, 0.2) is 0 Å². The zero-order valence-corrected chi connectivity index (χ0v) is 7.94. The first kappa shape index (κ1) is 9.91. The fourth-order valence-electron chi connectivity index (χ4n) is 1.01. The number of hydrogen-bond donors (Lipinski definition) is 2. The predicted molar refractivity (Wildman–Crippen MR) is 45.4 cm³/mol. The van der Waals surface area contributed by atoms with Gasteiger partial charge in [0, 0.05) is 20.0 Å². The predicted octanol–water partition coefficient (Wildman–Crippen LogP) is 0.0623. The second-order valence-corrected chi connectivity index (χ2v) is 2.85. The monoisotopic (exact) mass is 208 g/mol. The first-order chi connectivity index (χ1) is 4.12. The summed E-state index contributed by atoms with van der Waals surface area (Å²) < 4.78 is 0. The molecule has 0 aromatic carbocycles. The van der Waals surface area contributed by atoms with Crippen molar-refractivity contribution in [3.63, 3.8) is 0 Å². The lowest BCUT2D eigenvalue weighted by molar-refractivity contribution is -0.121. The molecule has 1 fully saturated rings. The van der Waals surface area contributed by atoms with Gasteiger partial charge in [0.05, 0.1) is 5.54 Å². The molecule has 0 aliphatic carbocycles. The van der Waals surface area contributed by atoms with Gasteiger partial charge in [-0.05, 0) is 6.92 Å². The van der Waals surface area contributed by atoms with E-state index in [9.17, 15) is 4.79 Å². The zero-order chi connectivity index (χ0) is 6.91. The molecule has 4 heteroatoms. The van der Waals surface area contributed by atoms with Crippen LogP contribution in [0.3, 0.4) is 0 Å². The van der Waals surface area contributed by atoms with Crippen molar-refractivity contribution in [2.24, 2.45) is 0 Å². The summed E-state index contributed by atoms with van der Waals surface area (Å²) in [6, 6.07) is 0. The Morgan fingerprint density at radius 3 is 2.20 bits per heavy atom. The highest BCUT2D eigenvalue weighted by Crippen LogP contribution is 2.07. The molecule has 60 valence electrons. The standard InChI is InChI=1S/C6H12N2O.BrH/c1-5(9)8-6(2)3-7-4-6;/h7H,3-4H2,1-2H3,(H,8,9);1H. The molecule has 10 heavy (non-hydrogen) atoms. The van der Waals surface area contributed by atoms with E-state index in [4.69, 9.17) is 0 Å². The van der Waals surface area contributed by atoms with Gasteiger partial charge in [0.25, 0.3) is 0 Å². The van der Waals surface area contributed by atoms with E-state index >= 15 is 0 Å². The highest BCUT2D eigenvalue weighted by atomic mass is 79.9. The normalized spacial score (nSPS) is 20.2. The van der Waals surface area contributed by atoms with Crippen molar-refractivity contribution in [1.29, 1.82) is 0 Å². The quantitative estimate of drug-likeness (QED) is 0.641. The maximum absolute atomic E-state index is 10.5. The summed E-state index contributed by atoms with van der Waals surface area (Å²) >= 11 is 0. The Bertz CT molecular complexity index is 134. The van der Waals surface area contributed by atoms with Gasteiger partial charge >= 0.3 is 0 Å². The van der Waals surface area contributed by atoms with Gasteiger partial charge in [0.1, 0.15) is 0 Å². The van der Waals surface area contributed by atoms with Crippen molar-refractivity contribution in [3.05, 3.63) is 0 Å². The smallest absolute Gasteiger partial charge is 0.217 e. The fraction of sp³-hybridized carbons (Fsp3) is 0.833. The van der Waals surface area contributed by atoms with Gasteiger partial charge in [0.2, 0.25) is 5.91 Å². The van der Waals surface area contributed by atoms with Crippen LogP contribution in [-0.4, -0.2) is 24.5 Å². The Hall–Kier alpha value is -0.0900. The van der Waals surface area contributed by atoms with Crippen LogP contribution in [0.25, 0.3) is 0 Å². The van der Waals surface area contributed by atoms with E-state index in [0.29, 0.717) is 0 Å². The summed E-state index contributed by atoms with van der Waals surface area (Å²) in [6.45, 7) is 5.37. The van der Waals surface area contributed by atoms with E-state index in [0.717, 1.165) is 13.1 Å². The summed E-state index contributed by atoms with van der Waals surface area (Å²) in [4.78, 5) is 10.5. The van der Waals surface area contributed by atoms with Gasteiger partial charge in [-0.1, -0.05) is 0 Å². The number of hydrogen-bond acceptors (Lipinski definition) is 2. The molecule has 0 aromatic heterocycles. The SMILES string of the molecule is Br.CC(=O)NC1(C)CNC1. The van der Waals surface area contributed by atoms with E-state index < -0.39 is 0 Å². The minimum absolute atomic E-state index is 0. The highest BCUT2D eigenvalue weighted by molar-refractivity contribution is 8.93. The summed E-state index contributed by atoms with van der Waals surface area (Å²) in [5.41, 5.74) is 0.0336. The summed E-state index contributed by atoms with van der Waals surface area (Å²) in [6.07, 6.45) is 0. The van der Waals surface area contributed by atoms with E-state index in [1.165, 1.54) is 0 Å². The first-order valence-corrected chi connectivity index (χ1v) is 3.12. The molecule has 0 aromatic rings. The van der Waals surface area contributed by atoms with Gasteiger partial charge in [-0.15, -0.1) is 17.0 Å². The summed E-state index contributed by atoms with van der Waals surface area (Å²) in [7, 11) is 0. The summed E-state index contributed by atoms with van der Waals surface area (Å²) in [5, 5.41) is 5.95. The maximum Gasteiger partial charge on any atom is 0.217 e. The van der Waals surface area contributed by atoms with E-state index in [2.05, 4.69) is 10.6 Å². The van der Waals surface area contributed by atoms with Gasteiger partial charge in [-0.2, -0.15) is 0 Å². The molecule has 1 amide bonds. The molecule has 0 atom stereocenters. The number of halogens is 1. The Labute approximate surface area is 71.3 Å². The van der Waals surface area contributed by atoms with Crippen LogP contribution >= 0.6 is 17.0 Å². The average molecular weight is 209 g/mol. The second kappa shape index (κ2) is 3.34. The van der Waals surface area contributed by atoms with Gasteiger partial charge in [0.15, 0.2) is 0 Å². The topological polar surface area (TPSA) is 41.1 Å². The van der Waals surface area contributed by atoms with Crippen molar-refractivity contribution in [1.82, 2.24) is 10.6 Å². The maximum atomic E-state index is 10.5. The molecular formula is C6H13BrN2O. The lowest BCUT2D eigenvalue weighted by atomic mass is 9.95. The molecule has 1 heterocycles. The third-order valence-corrected chi connectivity index (χ3v) is 1.51. The third kappa shape index (κ3) is 2.27. The van der Waals surface area contributed by atoms with E-state index in [1.807, 2.05) is 6.92 Å². The largest absolute Gasteiger partial charge is 0.349 e. The average Bonchev–Trinajstić information content (AvgIpc) is 1.60. The molecule has 0 bridgehead atoms. The molecule has 0 unspecified atom stereocenters. The number of carbonyl (C=O) groups excluding carboxylic acids is 1. The van der Waals surface area contributed by atoms with E-state index in [-0.39, 0.29) is 28.4 Å². The Balaban J connectivity index is 0.000000810. The number of amides is 1. The van der Waals surface area contributed by atoms with Crippen LogP contribution in [0.4, 0.5) is 0 Å². The van der Waals surface area contributed by atoms with Crippen molar-refractivity contribution >= 4 is 22.9 Å². The van der Waals surface area contributed by atoms with Crippen LogP contribution in [0.5, 0.6) is 0 Å². The third-order valence-electron chi connectivity index (χ3n) is 1.51. The minimum atomic E-state index is 0. The van der Waals surface area contributed by atoms with Gasteiger partial charge in [-0.3, -0.25) is 4.79 Å². The number of carbonyl (C=O) groups is 1. The number of nitrogens with one attached hydrogen (secondary N) is 2. The summed E-state index contributed by atoms with van der Waals surface area (Å²) in [5.74, 6) is 0.0546. The molecule has 1 aliphatic heterocycles. The zero-order valence-electron chi connectivity index (χ0n) is 6.23. The van der Waals surface area contributed by atoms with Crippen LogP contribution in [0.1, 0.15) is 13.8 Å². The lowest BCUT2D eigenvalue weighted by Crippen LogP contribution is -2.66. The molecule has 1 rings (SSSR count). The molecule has 1 saturated heterocycles. The van der Waals surface area contributed by atoms with Crippen molar-refractivity contribution in [3.8, 4) is 0 Å². The minimum Gasteiger partial charge on any atom is -0.349 e. The van der Waals surface area contributed by atoms with Gasteiger partial charge in [-0.25, -0.2) is 0 Å². The fourth-order valence-corrected chi connectivity index (χ4v) is 1.01. The van der Waals surface area contributed by atoms with Crippen LogP contribution < -0.4 is 10.6 Å².